The summed E-state index contributed by atoms with van der Waals surface area (Å²) in [6.45, 7) is 3.82. The fourth-order valence-corrected chi connectivity index (χ4v) is 13.6. The van der Waals surface area contributed by atoms with Crippen LogP contribution in [0.3, 0.4) is 0 Å². The Bertz CT molecular complexity index is 1630. The number of allylic oxidation sites excluding steroid dienone is 7. The Morgan fingerprint density at radius 1 is 0.351 bits per heavy atom. The van der Waals surface area contributed by atoms with Crippen molar-refractivity contribution in [2.45, 2.75) is 474 Å². The van der Waals surface area contributed by atoms with E-state index in [0.717, 1.165) is 44.9 Å². The van der Waals surface area contributed by atoms with Gasteiger partial charge in [0.1, 0.15) is 24.4 Å². The van der Waals surface area contributed by atoms with Crippen LogP contribution >= 0.6 is 0 Å². The van der Waals surface area contributed by atoms with Crippen molar-refractivity contribution in [2.75, 3.05) is 13.2 Å². The zero-order valence-corrected chi connectivity index (χ0v) is 62.5. The lowest BCUT2D eigenvalue weighted by atomic mass is 9.99. The predicted octanol–water partition coefficient (Wildman–Crippen LogP) is 24.3. The van der Waals surface area contributed by atoms with Crippen molar-refractivity contribution in [3.05, 3.63) is 48.6 Å². The SMILES string of the molecule is CCCCCCCCCC/C=C\CCCCCCCCCCCCCCCCCCCCCCCCCCCCCCCC(=O)NC(COC1OC(CO)C(O)C(O)C1O)C(O)/C=C/CC/C=C/CC/C=C/CCCCCCCCCCCCCCCCCCCCCC. The number of carbonyl (C=O) groups excluding carboxylic acids is 1. The molecule has 554 valence electrons. The predicted molar refractivity (Wildman–Crippen MR) is 406 cm³/mol. The average molecular weight is 1330 g/mol. The molecule has 7 atom stereocenters. The molecular formula is C85H161NO8. The van der Waals surface area contributed by atoms with Crippen molar-refractivity contribution in [1.82, 2.24) is 5.32 Å². The molecule has 9 nitrogen and oxygen atoms in total. The number of amides is 1. The Labute approximate surface area is 584 Å². The highest BCUT2D eigenvalue weighted by Gasteiger charge is 2.44. The summed E-state index contributed by atoms with van der Waals surface area (Å²) in [5.74, 6) is -0.182. The molecule has 0 saturated carbocycles. The lowest BCUT2D eigenvalue weighted by Gasteiger charge is -2.40. The van der Waals surface area contributed by atoms with Crippen LogP contribution in [0.1, 0.15) is 431 Å². The highest BCUT2D eigenvalue weighted by molar-refractivity contribution is 5.76. The van der Waals surface area contributed by atoms with Crippen LogP contribution in [-0.4, -0.2) is 87.5 Å². The minimum Gasteiger partial charge on any atom is -0.394 e. The molecule has 0 radical (unpaired) electrons. The van der Waals surface area contributed by atoms with Gasteiger partial charge >= 0.3 is 0 Å². The molecule has 1 heterocycles. The first-order chi connectivity index (χ1) is 46.3. The Hall–Kier alpha value is -1.85. The van der Waals surface area contributed by atoms with E-state index in [9.17, 15) is 30.3 Å². The lowest BCUT2D eigenvalue weighted by Crippen LogP contribution is -2.60. The third kappa shape index (κ3) is 61.3. The van der Waals surface area contributed by atoms with E-state index >= 15 is 0 Å². The van der Waals surface area contributed by atoms with Crippen molar-refractivity contribution in [1.29, 1.82) is 0 Å². The Morgan fingerprint density at radius 2 is 0.606 bits per heavy atom. The van der Waals surface area contributed by atoms with Crippen LogP contribution in [0.5, 0.6) is 0 Å². The number of nitrogens with one attached hydrogen (secondary N) is 1. The molecule has 6 N–H and O–H groups in total. The third-order valence-electron chi connectivity index (χ3n) is 20.1. The molecule has 94 heavy (non-hydrogen) atoms. The van der Waals surface area contributed by atoms with Gasteiger partial charge in [0.2, 0.25) is 5.91 Å². The molecule has 0 spiro atoms. The van der Waals surface area contributed by atoms with Crippen molar-refractivity contribution < 1.29 is 39.8 Å². The largest absolute Gasteiger partial charge is 0.394 e. The molecule has 1 saturated heterocycles. The number of unbranched alkanes of at least 4 members (excludes halogenated alkanes) is 59. The normalized spacial score (nSPS) is 17.7. The second-order valence-corrected chi connectivity index (χ2v) is 29.3. The maximum atomic E-state index is 13.2. The van der Waals surface area contributed by atoms with Gasteiger partial charge in [0.05, 0.1) is 25.4 Å². The molecule has 0 aromatic carbocycles. The number of hydrogen-bond acceptors (Lipinski definition) is 8. The summed E-state index contributed by atoms with van der Waals surface area (Å²) in [6, 6.07) is -0.830. The number of hydrogen-bond donors (Lipinski definition) is 6. The molecule has 1 fully saturated rings. The van der Waals surface area contributed by atoms with E-state index in [1.54, 1.807) is 6.08 Å². The van der Waals surface area contributed by atoms with E-state index in [4.69, 9.17) is 9.47 Å². The van der Waals surface area contributed by atoms with E-state index in [2.05, 4.69) is 55.6 Å². The first kappa shape index (κ1) is 90.2. The average Bonchev–Trinajstić information content (AvgIpc) is 0.831. The van der Waals surface area contributed by atoms with Crippen molar-refractivity contribution >= 4 is 5.91 Å². The van der Waals surface area contributed by atoms with Crippen LogP contribution in [0.4, 0.5) is 0 Å². The van der Waals surface area contributed by atoms with Gasteiger partial charge in [-0.2, -0.15) is 0 Å². The quantitative estimate of drug-likeness (QED) is 0.0261. The molecule has 1 amide bonds. The smallest absolute Gasteiger partial charge is 0.220 e. The van der Waals surface area contributed by atoms with Gasteiger partial charge in [-0.3, -0.25) is 4.79 Å². The lowest BCUT2D eigenvalue weighted by molar-refractivity contribution is -0.302. The summed E-state index contributed by atoms with van der Waals surface area (Å²) >= 11 is 0. The topological polar surface area (TPSA) is 149 Å². The minimum atomic E-state index is -1.58. The van der Waals surface area contributed by atoms with Crippen LogP contribution in [-0.2, 0) is 14.3 Å². The van der Waals surface area contributed by atoms with Gasteiger partial charge in [-0.1, -0.05) is 403 Å². The number of ether oxygens (including phenoxy) is 2. The maximum absolute atomic E-state index is 13.2. The maximum Gasteiger partial charge on any atom is 0.220 e. The molecule has 0 bridgehead atoms. The number of aliphatic hydroxyl groups excluding tert-OH is 5. The fourth-order valence-electron chi connectivity index (χ4n) is 13.6. The second-order valence-electron chi connectivity index (χ2n) is 29.3. The van der Waals surface area contributed by atoms with Crippen molar-refractivity contribution in [2.24, 2.45) is 0 Å². The van der Waals surface area contributed by atoms with Gasteiger partial charge in [0.25, 0.3) is 0 Å². The highest BCUT2D eigenvalue weighted by Crippen LogP contribution is 2.24. The summed E-state index contributed by atoms with van der Waals surface area (Å²) in [5, 5.41) is 54.9. The fraction of sp³-hybridized carbons (Fsp3) is 0.894. The highest BCUT2D eigenvalue weighted by atomic mass is 16.7. The molecule has 7 unspecified atom stereocenters. The van der Waals surface area contributed by atoms with Gasteiger partial charge < -0.3 is 40.3 Å². The Morgan fingerprint density at radius 3 is 0.894 bits per heavy atom. The van der Waals surface area contributed by atoms with E-state index in [1.165, 1.54) is 366 Å². The van der Waals surface area contributed by atoms with Gasteiger partial charge in [0.15, 0.2) is 6.29 Å². The van der Waals surface area contributed by atoms with Crippen molar-refractivity contribution in [3.63, 3.8) is 0 Å². The summed E-state index contributed by atoms with van der Waals surface area (Å²) in [7, 11) is 0. The van der Waals surface area contributed by atoms with E-state index in [0.29, 0.717) is 6.42 Å². The monoisotopic (exact) mass is 1320 g/mol. The van der Waals surface area contributed by atoms with Gasteiger partial charge in [-0.25, -0.2) is 0 Å². The number of aliphatic hydroxyl groups is 5. The first-order valence-electron chi connectivity index (χ1n) is 41.9. The van der Waals surface area contributed by atoms with Crippen LogP contribution in [0.25, 0.3) is 0 Å². The molecular weight excluding hydrogens is 1160 g/mol. The molecule has 1 aliphatic heterocycles. The van der Waals surface area contributed by atoms with Gasteiger partial charge in [0, 0.05) is 6.42 Å². The Balaban J connectivity index is 2.05. The third-order valence-corrected chi connectivity index (χ3v) is 20.1. The molecule has 0 aromatic rings. The zero-order chi connectivity index (χ0) is 67.8. The molecule has 0 aliphatic carbocycles. The van der Waals surface area contributed by atoms with Crippen LogP contribution in [0, 0.1) is 0 Å². The standard InChI is InChI=1S/C85H161NO8/c1-3-5-7-9-11-13-15-17-19-21-23-25-27-29-31-33-35-36-37-38-39-40-41-42-43-44-45-47-49-51-53-55-57-59-61-63-65-67-69-71-73-75-81(89)86-78(77-93-85-84(92)83(91)82(90)80(76-87)94-85)79(88)74-72-70-68-66-64-62-60-58-56-54-52-50-48-46-34-32-30-28-26-24-22-20-18-16-14-12-10-8-6-4-2/h21,23,56,58,64,66,72,74,78-80,82-85,87-88,90-92H,3-20,22,24-55,57,59-63,65,67-71,73,75-77H2,1-2H3,(H,86,89)/b23-21-,58-56+,66-64+,74-72+. The zero-order valence-electron chi connectivity index (χ0n) is 62.5. The van der Waals surface area contributed by atoms with Crippen molar-refractivity contribution in [3.8, 4) is 0 Å². The van der Waals surface area contributed by atoms with E-state index in [1.807, 2.05) is 6.08 Å². The van der Waals surface area contributed by atoms with Crippen LogP contribution in [0.2, 0.25) is 0 Å². The second kappa shape index (κ2) is 73.9. The van der Waals surface area contributed by atoms with Gasteiger partial charge in [-0.15, -0.1) is 0 Å². The summed E-state index contributed by atoms with van der Waals surface area (Å²) in [5.41, 5.74) is 0. The summed E-state index contributed by atoms with van der Waals surface area (Å²) in [4.78, 5) is 13.2. The molecule has 1 aliphatic rings. The molecule has 9 heteroatoms. The number of rotatable bonds is 75. The van der Waals surface area contributed by atoms with Gasteiger partial charge in [-0.05, 0) is 70.6 Å². The van der Waals surface area contributed by atoms with Crippen LogP contribution < -0.4 is 5.32 Å². The number of carbonyl (C=O) groups is 1. The Kier molecular flexibility index (Phi) is 70.8. The van der Waals surface area contributed by atoms with Crippen LogP contribution in [0.15, 0.2) is 48.6 Å². The minimum absolute atomic E-state index is 0.182. The first-order valence-corrected chi connectivity index (χ1v) is 41.9. The molecule has 0 aromatic heterocycles. The van der Waals surface area contributed by atoms with E-state index < -0.39 is 49.5 Å². The summed E-state index contributed by atoms with van der Waals surface area (Å²) in [6.07, 6.45) is 95.8. The van der Waals surface area contributed by atoms with E-state index in [-0.39, 0.29) is 12.5 Å². The summed E-state index contributed by atoms with van der Waals surface area (Å²) < 4.78 is 11.3. The molecule has 1 rings (SSSR count).